The first kappa shape index (κ1) is 5.94. The Bertz CT molecular complexity index is 227. The molecule has 1 rings (SSSR count). The predicted molar refractivity (Wildman–Crippen MR) is 42.4 cm³/mol. The van der Waals surface area contributed by atoms with Gasteiger partial charge in [0, 0.05) is 0 Å². The van der Waals surface area contributed by atoms with Crippen LogP contribution in [0, 0.1) is 24.7 Å². The number of allylic oxidation sites excluding steroid dienone is 4. The van der Waals surface area contributed by atoms with E-state index >= 15 is 0 Å². The van der Waals surface area contributed by atoms with Crippen LogP contribution in [0.25, 0.3) is 0 Å². The van der Waals surface area contributed by atoms with Gasteiger partial charge in [0.15, 0.2) is 0 Å². The zero-order valence-corrected chi connectivity index (χ0v) is 6.43. The Morgan fingerprint density at radius 2 is 1.56 bits per heavy atom. The average molecular weight is 130 g/mol. The Morgan fingerprint density at radius 3 is 1.78 bits per heavy atom. The van der Waals surface area contributed by atoms with Crippen LogP contribution in [0.5, 0.6) is 0 Å². The van der Waals surface area contributed by atoms with Gasteiger partial charge >= 0.3 is 0 Å². The molecule has 0 radical (unpaired) electrons. The zero-order valence-electron chi connectivity index (χ0n) is 5.02. The van der Waals surface area contributed by atoms with E-state index in [9.17, 15) is 0 Å². The van der Waals surface area contributed by atoms with Crippen LogP contribution in [0.2, 0.25) is 0 Å². The lowest BCUT2D eigenvalue weighted by Gasteiger charge is -1.85. The van der Waals surface area contributed by atoms with Crippen molar-refractivity contribution >= 4 is 9.52 Å². The van der Waals surface area contributed by atoms with Crippen molar-refractivity contribution in [3.63, 3.8) is 0 Å². The molecule has 9 heavy (non-hydrogen) atoms. The molecule has 1 aliphatic heterocycles. The van der Waals surface area contributed by atoms with Crippen molar-refractivity contribution in [3.8, 4) is 24.7 Å². The molecule has 1 heterocycles. The van der Waals surface area contributed by atoms with Gasteiger partial charge in [0.2, 0.25) is 0 Å². The molecule has 0 spiro atoms. The summed E-state index contributed by atoms with van der Waals surface area (Å²) >= 11 is 0. The topological polar surface area (TPSA) is 0 Å². The van der Waals surface area contributed by atoms with E-state index in [4.69, 9.17) is 12.8 Å². The fourth-order valence-corrected chi connectivity index (χ4v) is 1.81. The highest BCUT2D eigenvalue weighted by Crippen LogP contribution is 2.06. The molecule has 0 saturated carbocycles. The summed E-state index contributed by atoms with van der Waals surface area (Å²) in [6.07, 6.45) is 14.2. The van der Waals surface area contributed by atoms with Crippen molar-refractivity contribution in [1.29, 1.82) is 0 Å². The zero-order chi connectivity index (χ0) is 6.69. The van der Waals surface area contributed by atoms with Crippen LogP contribution in [0.3, 0.4) is 0 Å². The molecule has 0 aromatic carbocycles. The van der Waals surface area contributed by atoms with E-state index in [2.05, 4.69) is 11.8 Å². The summed E-state index contributed by atoms with van der Waals surface area (Å²) in [5.41, 5.74) is 0. The van der Waals surface area contributed by atoms with Crippen LogP contribution in [-0.4, -0.2) is 9.52 Å². The van der Waals surface area contributed by atoms with Crippen LogP contribution in [0.1, 0.15) is 0 Å². The largest absolute Gasteiger partial charge is 0.115 e. The minimum atomic E-state index is -0.379. The Labute approximate surface area is 57.5 Å². The molecule has 1 aliphatic rings. The standard InChI is InChI=1S/C8H6Si/c1-3-7-5-6-8(4-2)9-7/h1-2,5-6H,9H2. The van der Waals surface area contributed by atoms with E-state index in [0.717, 1.165) is 10.4 Å². The third-order valence-electron chi connectivity index (χ3n) is 1.24. The van der Waals surface area contributed by atoms with Crippen molar-refractivity contribution in [3.05, 3.63) is 22.5 Å². The van der Waals surface area contributed by atoms with Crippen LogP contribution in [-0.2, 0) is 0 Å². The minimum Gasteiger partial charge on any atom is -0.115 e. The van der Waals surface area contributed by atoms with E-state index in [0.29, 0.717) is 0 Å². The lowest BCUT2D eigenvalue weighted by Crippen LogP contribution is -1.90. The SMILES string of the molecule is C#CC1=CC=C(C#C)[SiH2]1. The number of hydrogen-bond donors (Lipinski definition) is 0. The first-order valence-electron chi connectivity index (χ1n) is 2.70. The van der Waals surface area contributed by atoms with Crippen molar-refractivity contribution in [2.75, 3.05) is 0 Å². The van der Waals surface area contributed by atoms with Gasteiger partial charge in [0.05, 0.1) is 0 Å². The van der Waals surface area contributed by atoms with E-state index in [1.165, 1.54) is 0 Å². The fraction of sp³-hybridized carbons (Fsp3) is 0. The number of terminal acetylenes is 2. The lowest BCUT2D eigenvalue weighted by molar-refractivity contribution is 1.99. The molecule has 0 unspecified atom stereocenters. The molecule has 0 aliphatic carbocycles. The first-order chi connectivity index (χ1) is 4.36. The number of hydrogen-bond acceptors (Lipinski definition) is 0. The van der Waals surface area contributed by atoms with Gasteiger partial charge in [-0.2, -0.15) is 0 Å². The summed E-state index contributed by atoms with van der Waals surface area (Å²) in [5.74, 6) is 5.21. The van der Waals surface area contributed by atoms with Gasteiger partial charge in [-0.15, -0.1) is 12.8 Å². The molecule has 0 amide bonds. The molecular weight excluding hydrogens is 124 g/mol. The minimum absolute atomic E-state index is 0.379. The van der Waals surface area contributed by atoms with Gasteiger partial charge in [-0.1, -0.05) is 24.0 Å². The second-order valence-electron chi connectivity index (χ2n) is 1.85. The molecule has 0 N–H and O–H groups in total. The quantitative estimate of drug-likeness (QED) is 0.325. The maximum atomic E-state index is 5.17. The highest BCUT2D eigenvalue weighted by atomic mass is 28.2. The third kappa shape index (κ3) is 1.13. The van der Waals surface area contributed by atoms with E-state index < -0.39 is 0 Å². The van der Waals surface area contributed by atoms with Crippen LogP contribution in [0.15, 0.2) is 22.5 Å². The maximum Gasteiger partial charge on any atom is 0.109 e. The average Bonchev–Trinajstić information content (AvgIpc) is 2.34. The molecule has 0 saturated heterocycles. The molecule has 0 aromatic rings. The molecule has 0 bridgehead atoms. The molecule has 0 nitrogen and oxygen atoms in total. The van der Waals surface area contributed by atoms with E-state index in [1.807, 2.05) is 12.2 Å². The summed E-state index contributed by atoms with van der Waals surface area (Å²) in [6, 6.07) is 0. The van der Waals surface area contributed by atoms with Crippen LogP contribution < -0.4 is 0 Å². The molecule has 0 atom stereocenters. The Morgan fingerprint density at radius 1 is 1.11 bits per heavy atom. The second-order valence-corrected chi connectivity index (χ2v) is 3.73. The Kier molecular flexibility index (Phi) is 1.58. The van der Waals surface area contributed by atoms with Gasteiger partial charge in [-0.05, 0) is 10.4 Å². The molecular formula is C8H6Si. The number of rotatable bonds is 0. The van der Waals surface area contributed by atoms with E-state index in [1.54, 1.807) is 0 Å². The van der Waals surface area contributed by atoms with Gasteiger partial charge in [-0.3, -0.25) is 0 Å². The smallest absolute Gasteiger partial charge is 0.109 e. The van der Waals surface area contributed by atoms with Crippen LogP contribution >= 0.6 is 0 Å². The summed E-state index contributed by atoms with van der Waals surface area (Å²) in [5, 5.41) is 2.23. The Hall–Kier alpha value is -1.18. The molecule has 42 valence electrons. The fourth-order valence-electron chi connectivity index (χ4n) is 0.723. The highest BCUT2D eigenvalue weighted by Gasteiger charge is 2.02. The normalized spacial score (nSPS) is 15.3. The summed E-state index contributed by atoms with van der Waals surface area (Å²) in [4.78, 5) is 0. The van der Waals surface area contributed by atoms with Crippen molar-refractivity contribution < 1.29 is 0 Å². The van der Waals surface area contributed by atoms with Gasteiger partial charge in [0.1, 0.15) is 9.52 Å². The summed E-state index contributed by atoms with van der Waals surface area (Å²) in [7, 11) is -0.379. The van der Waals surface area contributed by atoms with Crippen LogP contribution in [0.4, 0.5) is 0 Å². The summed E-state index contributed by atoms with van der Waals surface area (Å²) in [6.45, 7) is 0. The van der Waals surface area contributed by atoms with E-state index in [-0.39, 0.29) is 9.52 Å². The third-order valence-corrected chi connectivity index (χ3v) is 2.88. The van der Waals surface area contributed by atoms with Crippen molar-refractivity contribution in [1.82, 2.24) is 0 Å². The molecule has 0 fully saturated rings. The second kappa shape index (κ2) is 2.39. The summed E-state index contributed by atoms with van der Waals surface area (Å²) < 4.78 is 0. The first-order valence-corrected chi connectivity index (χ1v) is 4.11. The van der Waals surface area contributed by atoms with Crippen molar-refractivity contribution in [2.24, 2.45) is 0 Å². The maximum absolute atomic E-state index is 5.17. The predicted octanol–water partition coefficient (Wildman–Crippen LogP) is 0.203. The monoisotopic (exact) mass is 130 g/mol. The lowest BCUT2D eigenvalue weighted by atomic mass is 10.4. The Balaban J connectivity index is 2.69. The van der Waals surface area contributed by atoms with Crippen molar-refractivity contribution in [2.45, 2.75) is 0 Å². The molecule has 0 aromatic heterocycles. The highest BCUT2D eigenvalue weighted by molar-refractivity contribution is 6.58. The molecule has 1 heteroatoms. The van der Waals surface area contributed by atoms with Gasteiger partial charge in [0.25, 0.3) is 0 Å². The van der Waals surface area contributed by atoms with Gasteiger partial charge in [-0.25, -0.2) is 0 Å². The van der Waals surface area contributed by atoms with Gasteiger partial charge < -0.3 is 0 Å².